The Morgan fingerprint density at radius 2 is 2.05 bits per heavy atom. The molecule has 1 fully saturated rings. The number of aryl methyl sites for hydroxylation is 1. The van der Waals surface area contributed by atoms with Crippen molar-refractivity contribution in [1.82, 2.24) is 4.90 Å². The predicted octanol–water partition coefficient (Wildman–Crippen LogP) is 3.64. The van der Waals surface area contributed by atoms with Crippen molar-refractivity contribution in [1.29, 1.82) is 0 Å². The third-order valence-electron chi connectivity index (χ3n) is 4.24. The topological polar surface area (TPSA) is 57.6 Å². The van der Waals surface area contributed by atoms with E-state index >= 15 is 0 Å². The average molecular weight is 344 g/mol. The Hall–Kier alpha value is -1.26. The number of benzene rings is 1. The monoisotopic (exact) mass is 343 g/mol. The lowest BCUT2D eigenvalue weighted by atomic mass is 9.90. The van der Waals surface area contributed by atoms with Gasteiger partial charge in [-0.3, -0.25) is 9.59 Å². The summed E-state index contributed by atoms with van der Waals surface area (Å²) < 4.78 is 0. The van der Waals surface area contributed by atoms with Gasteiger partial charge in [0.15, 0.2) is 0 Å². The molecule has 0 aliphatic carbocycles. The van der Waals surface area contributed by atoms with E-state index in [1.165, 1.54) is 0 Å². The Balaban J connectivity index is 1.96. The largest absolute Gasteiger partial charge is 0.481 e. The normalized spacial score (nSPS) is 21.7. The number of amides is 1. The Kier molecular flexibility index (Phi) is 5.70. The number of nitrogens with zero attached hydrogens (tertiary/aromatic N) is 1. The minimum atomic E-state index is -0.825. The second kappa shape index (κ2) is 7.34. The van der Waals surface area contributed by atoms with Crippen molar-refractivity contribution >= 4 is 35.1 Å². The van der Waals surface area contributed by atoms with Gasteiger partial charge in [0, 0.05) is 19.0 Å². The number of carbonyl (C=O) groups is 2. The Bertz CT molecular complexity index is 577. The van der Waals surface area contributed by atoms with Crippen LogP contribution in [0.5, 0.6) is 0 Å². The molecule has 1 N–H and O–H groups in total. The number of rotatable bonds is 4. The SMILES string of the molecule is C[C@@H]1[C@H](C(=O)O)CCCN1C(=O)CCc1ccc(Cl)c(Cl)c1. The molecule has 1 heterocycles. The molecule has 1 aliphatic rings. The lowest BCUT2D eigenvalue weighted by Crippen LogP contribution is -2.49. The van der Waals surface area contributed by atoms with E-state index in [2.05, 4.69) is 0 Å². The number of piperidine rings is 1. The van der Waals surface area contributed by atoms with E-state index in [-0.39, 0.29) is 11.9 Å². The highest BCUT2D eigenvalue weighted by atomic mass is 35.5. The van der Waals surface area contributed by atoms with Gasteiger partial charge in [-0.1, -0.05) is 29.3 Å². The number of likely N-dealkylation sites (tertiary alicyclic amines) is 1. The van der Waals surface area contributed by atoms with Crippen LogP contribution in [0.1, 0.15) is 31.7 Å². The Morgan fingerprint density at radius 3 is 2.68 bits per heavy atom. The highest BCUT2D eigenvalue weighted by molar-refractivity contribution is 6.42. The summed E-state index contributed by atoms with van der Waals surface area (Å²) in [6, 6.07) is 5.07. The molecule has 0 radical (unpaired) electrons. The summed E-state index contributed by atoms with van der Waals surface area (Å²) in [5.41, 5.74) is 0.946. The summed E-state index contributed by atoms with van der Waals surface area (Å²) in [6.45, 7) is 2.44. The fraction of sp³-hybridized carbons (Fsp3) is 0.500. The smallest absolute Gasteiger partial charge is 0.308 e. The van der Waals surface area contributed by atoms with Gasteiger partial charge in [-0.05, 0) is 43.9 Å². The molecule has 6 heteroatoms. The maximum absolute atomic E-state index is 12.4. The first-order chi connectivity index (χ1) is 10.4. The molecule has 4 nitrogen and oxygen atoms in total. The zero-order chi connectivity index (χ0) is 16.3. The van der Waals surface area contributed by atoms with Gasteiger partial charge in [0.2, 0.25) is 5.91 Å². The summed E-state index contributed by atoms with van der Waals surface area (Å²) in [7, 11) is 0. The molecule has 2 atom stereocenters. The van der Waals surface area contributed by atoms with Gasteiger partial charge in [0.1, 0.15) is 0 Å². The number of halogens is 2. The number of hydrogen-bond acceptors (Lipinski definition) is 2. The molecule has 1 saturated heterocycles. The predicted molar refractivity (Wildman–Crippen MR) is 86.3 cm³/mol. The molecule has 1 aromatic rings. The van der Waals surface area contributed by atoms with Crippen molar-refractivity contribution in [3.8, 4) is 0 Å². The standard InChI is InChI=1S/C16H19Cl2NO3/c1-10-12(16(21)22)3-2-8-19(10)15(20)7-5-11-4-6-13(17)14(18)9-11/h4,6,9-10,12H,2-3,5,7-8H2,1H3,(H,21,22)/t10-,12-/m1/s1. The second-order valence-corrected chi connectivity index (χ2v) is 6.48. The van der Waals surface area contributed by atoms with Gasteiger partial charge in [0.25, 0.3) is 0 Å². The number of hydrogen-bond donors (Lipinski definition) is 1. The molecule has 1 aromatic carbocycles. The maximum Gasteiger partial charge on any atom is 0.308 e. The molecule has 0 spiro atoms. The van der Waals surface area contributed by atoms with E-state index in [9.17, 15) is 14.7 Å². The van der Waals surface area contributed by atoms with E-state index < -0.39 is 11.9 Å². The van der Waals surface area contributed by atoms with Crippen LogP contribution in [-0.4, -0.2) is 34.5 Å². The van der Waals surface area contributed by atoms with Crippen LogP contribution in [-0.2, 0) is 16.0 Å². The zero-order valence-corrected chi connectivity index (χ0v) is 13.9. The highest BCUT2D eigenvalue weighted by Gasteiger charge is 2.34. The number of aliphatic carboxylic acids is 1. The van der Waals surface area contributed by atoms with Crippen molar-refractivity contribution in [2.75, 3.05) is 6.54 Å². The van der Waals surface area contributed by atoms with Gasteiger partial charge in [-0.15, -0.1) is 0 Å². The van der Waals surface area contributed by atoms with E-state index in [1.54, 1.807) is 17.0 Å². The summed E-state index contributed by atoms with van der Waals surface area (Å²) in [6.07, 6.45) is 2.28. The third-order valence-corrected chi connectivity index (χ3v) is 4.98. The van der Waals surface area contributed by atoms with Crippen molar-refractivity contribution in [2.24, 2.45) is 5.92 Å². The van der Waals surface area contributed by atoms with Gasteiger partial charge >= 0.3 is 5.97 Å². The first kappa shape index (κ1) is 17.1. The summed E-state index contributed by atoms with van der Waals surface area (Å²) in [5, 5.41) is 10.2. The van der Waals surface area contributed by atoms with E-state index in [0.717, 1.165) is 12.0 Å². The number of carboxylic acids is 1. The first-order valence-electron chi connectivity index (χ1n) is 7.36. The van der Waals surface area contributed by atoms with Crippen molar-refractivity contribution in [2.45, 2.75) is 38.6 Å². The molecule has 0 saturated carbocycles. The lowest BCUT2D eigenvalue weighted by molar-refractivity contribution is -0.149. The van der Waals surface area contributed by atoms with Crippen molar-refractivity contribution < 1.29 is 14.7 Å². The second-order valence-electron chi connectivity index (χ2n) is 5.66. The zero-order valence-electron chi connectivity index (χ0n) is 12.4. The lowest BCUT2D eigenvalue weighted by Gasteiger charge is -2.37. The van der Waals surface area contributed by atoms with Gasteiger partial charge in [-0.25, -0.2) is 0 Å². The van der Waals surface area contributed by atoms with Crippen LogP contribution in [0.2, 0.25) is 10.0 Å². The molecule has 1 aliphatic heterocycles. The minimum absolute atomic E-state index is 0.00970. The van der Waals surface area contributed by atoms with Crippen LogP contribution in [0, 0.1) is 5.92 Å². The van der Waals surface area contributed by atoms with E-state index in [4.69, 9.17) is 23.2 Å². The van der Waals surface area contributed by atoms with Crippen LogP contribution >= 0.6 is 23.2 Å². The quantitative estimate of drug-likeness (QED) is 0.907. The van der Waals surface area contributed by atoms with Crippen LogP contribution in [0.15, 0.2) is 18.2 Å². The van der Waals surface area contributed by atoms with Crippen molar-refractivity contribution in [3.63, 3.8) is 0 Å². The number of carbonyl (C=O) groups excluding carboxylic acids is 1. The Morgan fingerprint density at radius 1 is 1.32 bits per heavy atom. The van der Waals surface area contributed by atoms with Crippen LogP contribution in [0.4, 0.5) is 0 Å². The molecule has 2 rings (SSSR count). The molecule has 1 amide bonds. The fourth-order valence-electron chi connectivity index (χ4n) is 2.92. The van der Waals surface area contributed by atoms with Crippen molar-refractivity contribution in [3.05, 3.63) is 33.8 Å². The fourth-order valence-corrected chi connectivity index (χ4v) is 3.24. The average Bonchev–Trinajstić information content (AvgIpc) is 2.48. The molecule has 0 aromatic heterocycles. The molecular formula is C16H19Cl2NO3. The number of carboxylic acid groups (broad SMARTS) is 1. The molecular weight excluding hydrogens is 325 g/mol. The van der Waals surface area contributed by atoms with Crippen LogP contribution in [0.3, 0.4) is 0 Å². The van der Waals surface area contributed by atoms with E-state index in [1.807, 2.05) is 13.0 Å². The summed E-state index contributed by atoms with van der Waals surface area (Å²) in [5.74, 6) is -1.30. The van der Waals surface area contributed by atoms with Gasteiger partial charge in [-0.2, -0.15) is 0 Å². The summed E-state index contributed by atoms with van der Waals surface area (Å²) >= 11 is 11.8. The first-order valence-corrected chi connectivity index (χ1v) is 8.12. The minimum Gasteiger partial charge on any atom is -0.481 e. The third kappa shape index (κ3) is 3.93. The van der Waals surface area contributed by atoms with Crippen LogP contribution < -0.4 is 0 Å². The van der Waals surface area contributed by atoms with Crippen LogP contribution in [0.25, 0.3) is 0 Å². The molecule has 120 valence electrons. The highest BCUT2D eigenvalue weighted by Crippen LogP contribution is 2.26. The van der Waals surface area contributed by atoms with E-state index in [0.29, 0.717) is 35.9 Å². The van der Waals surface area contributed by atoms with Gasteiger partial charge < -0.3 is 10.0 Å². The summed E-state index contributed by atoms with van der Waals surface area (Å²) in [4.78, 5) is 25.3. The molecule has 22 heavy (non-hydrogen) atoms. The Labute approximate surface area is 140 Å². The molecule has 0 bridgehead atoms. The maximum atomic E-state index is 12.4. The molecule has 0 unspecified atom stereocenters. The van der Waals surface area contributed by atoms with Gasteiger partial charge in [0.05, 0.1) is 16.0 Å².